The maximum Gasteiger partial charge on any atom is 0.323 e. The Morgan fingerprint density at radius 1 is 1.10 bits per heavy atom. The van der Waals surface area contributed by atoms with Crippen LogP contribution in [0.3, 0.4) is 0 Å². The molecule has 2 N–H and O–H groups in total. The Balaban J connectivity index is 1.72. The first-order valence-corrected chi connectivity index (χ1v) is 6.91. The molecule has 0 saturated carbocycles. The first kappa shape index (κ1) is 12.8. The molecule has 2 aromatic carbocycles. The second kappa shape index (κ2) is 5.44. The van der Waals surface area contributed by atoms with Crippen LogP contribution in [0, 0.1) is 0 Å². The fraction of sp³-hybridized carbons (Fsp3) is 0. The van der Waals surface area contributed by atoms with E-state index in [0.29, 0.717) is 16.4 Å². The zero-order valence-electron chi connectivity index (χ0n) is 10.1. The highest BCUT2D eigenvalue weighted by Gasteiger charge is 2.05. The molecule has 0 spiro atoms. The van der Waals surface area contributed by atoms with Crippen LogP contribution in [0.2, 0.25) is 5.02 Å². The molecule has 1 aromatic heterocycles. The second-order valence-corrected chi connectivity index (χ2v) is 5.27. The van der Waals surface area contributed by atoms with Gasteiger partial charge in [0.05, 0.1) is 4.70 Å². The maximum atomic E-state index is 11.9. The van der Waals surface area contributed by atoms with Crippen molar-refractivity contribution in [1.29, 1.82) is 0 Å². The monoisotopic (exact) mass is 304 g/mol. The van der Waals surface area contributed by atoms with Crippen LogP contribution < -0.4 is 10.6 Å². The molecule has 0 aliphatic rings. The van der Waals surface area contributed by atoms with Crippen LogP contribution in [0.1, 0.15) is 0 Å². The molecule has 2 amide bonds. The summed E-state index contributed by atoms with van der Waals surface area (Å²) in [7, 11) is 0. The average molecular weight is 305 g/mol. The van der Waals surface area contributed by atoms with Crippen molar-refractivity contribution < 1.29 is 4.79 Å². The summed E-state index contributed by atoms with van der Waals surface area (Å²) >= 11 is 7.14. The van der Waals surface area contributed by atoms with Gasteiger partial charge >= 0.3 is 6.03 Å². The lowest BCUT2D eigenvalue weighted by atomic mass is 10.3. The van der Waals surface area contributed by atoms with Crippen LogP contribution in [0.15, 0.2) is 42.5 Å². The standard InChI is InChI=1S/C13H9ClN4OS/c14-8-2-1-3-9(6-8)15-13(19)16-10-4-5-11-12(7-10)20-18-17-11/h1-7H,(H2,15,16,19). The van der Waals surface area contributed by atoms with E-state index >= 15 is 0 Å². The molecule has 0 atom stereocenters. The summed E-state index contributed by atoms with van der Waals surface area (Å²) in [4.78, 5) is 11.9. The number of fused-ring (bicyclic) bond motifs is 1. The number of hydrogen-bond donors (Lipinski definition) is 2. The summed E-state index contributed by atoms with van der Waals surface area (Å²) in [6.45, 7) is 0. The van der Waals surface area contributed by atoms with Crippen LogP contribution in [0.5, 0.6) is 0 Å². The van der Waals surface area contributed by atoms with E-state index < -0.39 is 0 Å². The molecular weight excluding hydrogens is 296 g/mol. The third-order valence-electron chi connectivity index (χ3n) is 2.59. The van der Waals surface area contributed by atoms with Crippen molar-refractivity contribution in [2.24, 2.45) is 0 Å². The number of anilines is 2. The lowest BCUT2D eigenvalue weighted by molar-refractivity contribution is 0.262. The smallest absolute Gasteiger partial charge is 0.308 e. The number of urea groups is 1. The van der Waals surface area contributed by atoms with Gasteiger partial charge < -0.3 is 10.6 Å². The fourth-order valence-corrected chi connectivity index (χ4v) is 2.50. The van der Waals surface area contributed by atoms with Crippen molar-refractivity contribution in [2.45, 2.75) is 0 Å². The molecular formula is C13H9ClN4OS. The molecule has 0 unspecified atom stereocenters. The molecule has 0 bridgehead atoms. The summed E-state index contributed by atoms with van der Waals surface area (Å²) in [5.74, 6) is 0. The largest absolute Gasteiger partial charge is 0.323 e. The molecule has 0 saturated heterocycles. The third kappa shape index (κ3) is 2.87. The summed E-state index contributed by atoms with van der Waals surface area (Å²) in [5, 5.41) is 9.97. The Hall–Kier alpha value is -2.18. The third-order valence-corrected chi connectivity index (χ3v) is 3.51. The van der Waals surface area contributed by atoms with E-state index in [4.69, 9.17) is 11.6 Å². The Bertz CT molecular complexity index is 774. The first-order valence-electron chi connectivity index (χ1n) is 5.76. The zero-order chi connectivity index (χ0) is 13.9. The van der Waals surface area contributed by atoms with Gasteiger partial charge in [0.1, 0.15) is 5.52 Å². The van der Waals surface area contributed by atoms with Gasteiger partial charge in [-0.3, -0.25) is 0 Å². The van der Waals surface area contributed by atoms with Gasteiger partial charge in [-0.15, -0.1) is 5.10 Å². The van der Waals surface area contributed by atoms with Gasteiger partial charge in [-0.1, -0.05) is 22.2 Å². The van der Waals surface area contributed by atoms with Gasteiger partial charge in [0, 0.05) is 16.4 Å². The molecule has 100 valence electrons. The number of hydrogen-bond acceptors (Lipinski definition) is 4. The number of nitrogens with zero attached hydrogens (tertiary/aromatic N) is 2. The van der Waals surface area contributed by atoms with Crippen molar-refractivity contribution in [3.63, 3.8) is 0 Å². The predicted molar refractivity (Wildman–Crippen MR) is 81.5 cm³/mol. The summed E-state index contributed by atoms with van der Waals surface area (Å²) < 4.78 is 4.77. The molecule has 0 radical (unpaired) electrons. The van der Waals surface area contributed by atoms with Gasteiger partial charge in [-0.2, -0.15) is 0 Å². The van der Waals surface area contributed by atoms with Crippen LogP contribution in [0.25, 0.3) is 10.2 Å². The number of nitrogens with one attached hydrogen (secondary N) is 2. The number of carbonyl (C=O) groups excluding carboxylic acids is 1. The molecule has 3 rings (SSSR count). The highest BCUT2D eigenvalue weighted by molar-refractivity contribution is 7.12. The SMILES string of the molecule is O=C(Nc1cccc(Cl)c1)Nc1ccc2nnsc2c1. The molecule has 1 heterocycles. The molecule has 3 aromatic rings. The van der Waals surface area contributed by atoms with E-state index in [1.165, 1.54) is 11.5 Å². The minimum Gasteiger partial charge on any atom is -0.308 e. The van der Waals surface area contributed by atoms with Crippen molar-refractivity contribution >= 4 is 50.8 Å². The number of halogens is 1. The van der Waals surface area contributed by atoms with Gasteiger partial charge in [0.25, 0.3) is 0 Å². The van der Waals surface area contributed by atoms with Gasteiger partial charge in [-0.25, -0.2) is 4.79 Å². The van der Waals surface area contributed by atoms with Crippen LogP contribution >= 0.6 is 23.1 Å². The van der Waals surface area contributed by atoms with E-state index in [1.54, 1.807) is 30.3 Å². The summed E-state index contributed by atoms with van der Waals surface area (Å²) in [6.07, 6.45) is 0. The quantitative estimate of drug-likeness (QED) is 0.752. The summed E-state index contributed by atoms with van der Waals surface area (Å²) in [6, 6.07) is 12.1. The van der Waals surface area contributed by atoms with Crippen molar-refractivity contribution in [3.05, 3.63) is 47.5 Å². The second-order valence-electron chi connectivity index (χ2n) is 4.04. The lowest BCUT2D eigenvalue weighted by Gasteiger charge is -2.07. The zero-order valence-corrected chi connectivity index (χ0v) is 11.7. The molecule has 20 heavy (non-hydrogen) atoms. The Kier molecular flexibility index (Phi) is 3.49. The van der Waals surface area contributed by atoms with Crippen LogP contribution in [-0.4, -0.2) is 15.6 Å². The predicted octanol–water partition coefficient (Wildman–Crippen LogP) is 3.99. The number of rotatable bonds is 2. The minimum absolute atomic E-state index is 0.330. The van der Waals surface area contributed by atoms with E-state index in [1.807, 2.05) is 12.1 Å². The Morgan fingerprint density at radius 2 is 1.90 bits per heavy atom. The van der Waals surface area contributed by atoms with Crippen molar-refractivity contribution in [2.75, 3.05) is 10.6 Å². The molecule has 0 aliphatic carbocycles. The number of amides is 2. The number of benzene rings is 2. The number of aromatic nitrogens is 2. The van der Waals surface area contributed by atoms with Crippen LogP contribution in [-0.2, 0) is 0 Å². The van der Waals surface area contributed by atoms with Crippen LogP contribution in [0.4, 0.5) is 16.2 Å². The Labute approximate surface area is 123 Å². The highest BCUT2D eigenvalue weighted by Crippen LogP contribution is 2.20. The molecule has 0 aliphatic heterocycles. The number of carbonyl (C=O) groups is 1. The Morgan fingerprint density at radius 3 is 2.70 bits per heavy atom. The molecule has 7 heteroatoms. The van der Waals surface area contributed by atoms with E-state index in [9.17, 15) is 4.79 Å². The van der Waals surface area contributed by atoms with Gasteiger partial charge in [-0.05, 0) is 47.9 Å². The highest BCUT2D eigenvalue weighted by atomic mass is 35.5. The fourth-order valence-electron chi connectivity index (χ4n) is 1.72. The molecule has 5 nitrogen and oxygen atoms in total. The van der Waals surface area contributed by atoms with E-state index in [-0.39, 0.29) is 6.03 Å². The van der Waals surface area contributed by atoms with Crippen molar-refractivity contribution in [3.8, 4) is 0 Å². The first-order chi connectivity index (χ1) is 9.70. The van der Waals surface area contributed by atoms with Gasteiger partial charge in [0.15, 0.2) is 0 Å². The maximum absolute atomic E-state index is 11.9. The normalized spacial score (nSPS) is 10.4. The van der Waals surface area contributed by atoms with E-state index in [0.717, 1.165) is 10.2 Å². The topological polar surface area (TPSA) is 66.9 Å². The van der Waals surface area contributed by atoms with E-state index in [2.05, 4.69) is 20.2 Å². The lowest BCUT2D eigenvalue weighted by Crippen LogP contribution is -2.19. The minimum atomic E-state index is -0.330. The summed E-state index contributed by atoms with van der Waals surface area (Å²) in [5.41, 5.74) is 2.13. The average Bonchev–Trinajstić information content (AvgIpc) is 2.86. The molecule has 0 fully saturated rings. The van der Waals surface area contributed by atoms with Crippen molar-refractivity contribution in [1.82, 2.24) is 9.59 Å². The van der Waals surface area contributed by atoms with Gasteiger partial charge in [0.2, 0.25) is 0 Å².